The van der Waals surface area contributed by atoms with Gasteiger partial charge in [0, 0.05) is 31.4 Å². The number of pyridine rings is 1. The number of benzene rings is 2. The minimum atomic E-state index is -1.04. The predicted molar refractivity (Wildman–Crippen MR) is 132 cm³/mol. The van der Waals surface area contributed by atoms with Gasteiger partial charge >= 0.3 is 5.97 Å². The highest BCUT2D eigenvalue weighted by Gasteiger charge is 2.44. The summed E-state index contributed by atoms with van der Waals surface area (Å²) < 4.78 is 15.6. The molecular formula is C27H25N3O7. The van der Waals surface area contributed by atoms with Crippen LogP contribution in [0.2, 0.25) is 0 Å². The second-order valence-corrected chi connectivity index (χ2v) is 8.24. The Morgan fingerprint density at radius 3 is 2.38 bits per heavy atom. The number of carbonyl (C=O) groups excluding carboxylic acids is 4. The summed E-state index contributed by atoms with van der Waals surface area (Å²) in [4.78, 5) is 57.9. The monoisotopic (exact) mass is 503 g/mol. The van der Waals surface area contributed by atoms with E-state index >= 15 is 0 Å². The standard InChI is InChI=1S/C27H25N3O7/c1-17(31)37-21-9-7-20(8-10-21)30-25(32)14-22(27(30)34)29(16-18-5-4-12-28-15-18)26(33)19-6-11-23(35-2)24(13-19)36-3/h4-13,15,22H,14,16H2,1-3H3. The number of carbonyl (C=O) groups is 4. The molecule has 37 heavy (non-hydrogen) atoms. The fourth-order valence-electron chi connectivity index (χ4n) is 4.11. The molecule has 0 spiro atoms. The highest BCUT2D eigenvalue weighted by molar-refractivity contribution is 6.23. The highest BCUT2D eigenvalue weighted by Crippen LogP contribution is 2.31. The molecule has 0 N–H and O–H groups in total. The minimum Gasteiger partial charge on any atom is -0.493 e. The van der Waals surface area contributed by atoms with Crippen LogP contribution in [-0.4, -0.2) is 53.8 Å². The Balaban J connectivity index is 1.66. The molecule has 10 heteroatoms. The normalized spacial score (nSPS) is 14.9. The van der Waals surface area contributed by atoms with Crippen LogP contribution < -0.4 is 19.1 Å². The lowest BCUT2D eigenvalue weighted by Crippen LogP contribution is -2.45. The number of esters is 1. The molecular weight excluding hydrogens is 478 g/mol. The molecule has 0 bridgehead atoms. The van der Waals surface area contributed by atoms with Crippen molar-refractivity contribution >= 4 is 29.4 Å². The van der Waals surface area contributed by atoms with Gasteiger partial charge in [-0.15, -0.1) is 0 Å². The van der Waals surface area contributed by atoms with Crippen molar-refractivity contribution in [1.29, 1.82) is 0 Å². The molecule has 3 amide bonds. The third kappa shape index (κ3) is 5.43. The number of amides is 3. The molecule has 1 aliphatic heterocycles. The average Bonchev–Trinajstić information content (AvgIpc) is 3.20. The van der Waals surface area contributed by atoms with E-state index in [-0.39, 0.29) is 24.3 Å². The van der Waals surface area contributed by atoms with Crippen LogP contribution in [0.15, 0.2) is 67.0 Å². The average molecular weight is 504 g/mol. The maximum absolute atomic E-state index is 13.7. The number of aromatic nitrogens is 1. The van der Waals surface area contributed by atoms with Crippen molar-refractivity contribution in [3.63, 3.8) is 0 Å². The molecule has 2 heterocycles. The van der Waals surface area contributed by atoms with Gasteiger partial charge in [0.25, 0.3) is 11.8 Å². The first-order valence-electron chi connectivity index (χ1n) is 11.4. The zero-order valence-corrected chi connectivity index (χ0v) is 20.5. The van der Waals surface area contributed by atoms with Crippen LogP contribution >= 0.6 is 0 Å². The van der Waals surface area contributed by atoms with E-state index in [9.17, 15) is 19.2 Å². The SMILES string of the molecule is COc1ccc(C(=O)N(Cc2cccnc2)C2CC(=O)N(c3ccc(OC(C)=O)cc3)C2=O)cc1OC. The summed E-state index contributed by atoms with van der Waals surface area (Å²) in [6, 6.07) is 13.2. The van der Waals surface area contributed by atoms with Crippen LogP contribution in [0.1, 0.15) is 29.3 Å². The van der Waals surface area contributed by atoms with Gasteiger partial charge in [-0.3, -0.25) is 24.2 Å². The molecule has 190 valence electrons. The van der Waals surface area contributed by atoms with Gasteiger partial charge in [0.2, 0.25) is 5.91 Å². The zero-order chi connectivity index (χ0) is 26.5. The number of anilines is 1. The van der Waals surface area contributed by atoms with Crippen molar-refractivity contribution in [1.82, 2.24) is 9.88 Å². The van der Waals surface area contributed by atoms with Crippen molar-refractivity contribution in [2.45, 2.75) is 25.9 Å². The maximum atomic E-state index is 13.7. The molecule has 3 aromatic rings. The number of nitrogens with zero attached hydrogens (tertiary/aromatic N) is 3. The second-order valence-electron chi connectivity index (χ2n) is 8.24. The van der Waals surface area contributed by atoms with Gasteiger partial charge in [-0.2, -0.15) is 0 Å². The summed E-state index contributed by atoms with van der Waals surface area (Å²) in [7, 11) is 2.95. The highest BCUT2D eigenvalue weighted by atomic mass is 16.5. The van der Waals surface area contributed by atoms with Crippen molar-refractivity contribution in [2.75, 3.05) is 19.1 Å². The van der Waals surface area contributed by atoms with E-state index < -0.39 is 29.7 Å². The smallest absolute Gasteiger partial charge is 0.308 e. The summed E-state index contributed by atoms with van der Waals surface area (Å²) in [5.74, 6) is -0.835. The Kier molecular flexibility index (Phi) is 7.47. The largest absolute Gasteiger partial charge is 0.493 e. The molecule has 10 nitrogen and oxygen atoms in total. The first kappa shape index (κ1) is 25.4. The summed E-state index contributed by atoms with van der Waals surface area (Å²) in [5, 5.41) is 0. The Labute approximate surface area is 213 Å². The topological polar surface area (TPSA) is 115 Å². The molecule has 2 aromatic carbocycles. The lowest BCUT2D eigenvalue weighted by molar-refractivity contribution is -0.132. The Bertz CT molecular complexity index is 1330. The van der Waals surface area contributed by atoms with Crippen LogP contribution in [0.4, 0.5) is 5.69 Å². The van der Waals surface area contributed by atoms with Crippen molar-refractivity contribution in [2.24, 2.45) is 0 Å². The zero-order valence-electron chi connectivity index (χ0n) is 20.5. The number of hydrogen-bond donors (Lipinski definition) is 0. The van der Waals surface area contributed by atoms with Gasteiger partial charge in [-0.1, -0.05) is 6.07 Å². The van der Waals surface area contributed by atoms with E-state index in [1.165, 1.54) is 56.4 Å². The van der Waals surface area contributed by atoms with E-state index in [0.29, 0.717) is 22.7 Å². The predicted octanol–water partition coefficient (Wildman–Crippen LogP) is 3.00. The number of ether oxygens (including phenoxy) is 3. The fraction of sp³-hybridized carbons (Fsp3) is 0.222. The third-order valence-corrected chi connectivity index (χ3v) is 5.82. The second kappa shape index (κ2) is 10.9. The van der Waals surface area contributed by atoms with Crippen LogP contribution in [0, 0.1) is 0 Å². The number of rotatable bonds is 8. The van der Waals surface area contributed by atoms with E-state index in [0.717, 1.165) is 4.90 Å². The molecule has 1 unspecified atom stereocenters. The number of imide groups is 1. The molecule has 4 rings (SSSR count). The van der Waals surface area contributed by atoms with Gasteiger partial charge in [0.1, 0.15) is 11.8 Å². The van der Waals surface area contributed by atoms with Gasteiger partial charge in [0.15, 0.2) is 11.5 Å². The third-order valence-electron chi connectivity index (χ3n) is 5.82. The van der Waals surface area contributed by atoms with Crippen LogP contribution in [0.25, 0.3) is 0 Å². The van der Waals surface area contributed by atoms with Crippen LogP contribution in [0.3, 0.4) is 0 Å². The molecule has 1 saturated heterocycles. The van der Waals surface area contributed by atoms with Gasteiger partial charge in [0.05, 0.1) is 26.3 Å². The maximum Gasteiger partial charge on any atom is 0.308 e. The van der Waals surface area contributed by atoms with E-state index in [4.69, 9.17) is 14.2 Å². The number of methoxy groups -OCH3 is 2. The first-order valence-corrected chi connectivity index (χ1v) is 11.4. The van der Waals surface area contributed by atoms with Crippen molar-refractivity contribution in [3.8, 4) is 17.2 Å². The van der Waals surface area contributed by atoms with Crippen molar-refractivity contribution < 1.29 is 33.4 Å². The molecule has 1 aliphatic rings. The van der Waals surface area contributed by atoms with E-state index in [1.807, 2.05) is 0 Å². The van der Waals surface area contributed by atoms with Gasteiger partial charge < -0.3 is 19.1 Å². The lowest BCUT2D eigenvalue weighted by Gasteiger charge is -2.28. The lowest BCUT2D eigenvalue weighted by atomic mass is 10.1. The van der Waals surface area contributed by atoms with E-state index in [1.54, 1.807) is 36.7 Å². The Hall–Kier alpha value is -4.73. The first-order chi connectivity index (χ1) is 17.8. The van der Waals surface area contributed by atoms with Crippen molar-refractivity contribution in [3.05, 3.63) is 78.1 Å². The Morgan fingerprint density at radius 1 is 1.03 bits per heavy atom. The fourth-order valence-corrected chi connectivity index (χ4v) is 4.11. The summed E-state index contributed by atoms with van der Waals surface area (Å²) in [6.07, 6.45) is 3.01. The molecule has 1 atom stereocenters. The molecule has 0 saturated carbocycles. The molecule has 0 radical (unpaired) electrons. The van der Waals surface area contributed by atoms with E-state index in [2.05, 4.69) is 4.98 Å². The summed E-state index contributed by atoms with van der Waals surface area (Å²) >= 11 is 0. The molecule has 1 fully saturated rings. The molecule has 0 aliphatic carbocycles. The number of hydrogen-bond acceptors (Lipinski definition) is 8. The summed E-state index contributed by atoms with van der Waals surface area (Å²) in [5.41, 5.74) is 1.28. The van der Waals surface area contributed by atoms with Crippen LogP contribution in [-0.2, 0) is 20.9 Å². The van der Waals surface area contributed by atoms with Crippen LogP contribution in [0.5, 0.6) is 17.2 Å². The minimum absolute atomic E-state index is 0.0595. The molecule has 1 aromatic heterocycles. The van der Waals surface area contributed by atoms with Gasteiger partial charge in [-0.25, -0.2) is 4.90 Å². The quantitative estimate of drug-likeness (QED) is 0.262. The Morgan fingerprint density at radius 2 is 1.76 bits per heavy atom. The van der Waals surface area contributed by atoms with Gasteiger partial charge in [-0.05, 0) is 54.1 Å². The summed E-state index contributed by atoms with van der Waals surface area (Å²) in [6.45, 7) is 1.34.